The van der Waals surface area contributed by atoms with Crippen LogP contribution in [0.3, 0.4) is 0 Å². The van der Waals surface area contributed by atoms with Crippen molar-refractivity contribution in [2.24, 2.45) is 4.99 Å². The van der Waals surface area contributed by atoms with Crippen molar-refractivity contribution >= 4 is 28.2 Å². The van der Waals surface area contributed by atoms with Gasteiger partial charge < -0.3 is 15.4 Å². The highest BCUT2D eigenvalue weighted by Gasteiger charge is 2.22. The van der Waals surface area contributed by atoms with Crippen LogP contribution in [-0.2, 0) is 11.4 Å². The van der Waals surface area contributed by atoms with Crippen molar-refractivity contribution in [3.05, 3.63) is 65.4 Å². The molecule has 0 bridgehead atoms. The molecule has 23 heavy (non-hydrogen) atoms. The minimum atomic E-state index is -0.135. The van der Waals surface area contributed by atoms with Gasteiger partial charge in [-0.1, -0.05) is 36.4 Å². The molecule has 1 amide bonds. The van der Waals surface area contributed by atoms with E-state index in [1.165, 1.54) is 0 Å². The van der Waals surface area contributed by atoms with Gasteiger partial charge in [-0.3, -0.25) is 9.79 Å². The van der Waals surface area contributed by atoms with Crippen molar-refractivity contribution in [1.82, 2.24) is 4.98 Å². The number of nitrogens with zero attached hydrogens (tertiary/aromatic N) is 1. The van der Waals surface area contributed by atoms with Crippen LogP contribution in [0.4, 0.5) is 5.69 Å². The highest BCUT2D eigenvalue weighted by Crippen LogP contribution is 2.31. The third kappa shape index (κ3) is 2.31. The summed E-state index contributed by atoms with van der Waals surface area (Å²) in [5.41, 5.74) is 4.92. The molecule has 0 atom stereocenters. The Hall–Kier alpha value is -2.92. The van der Waals surface area contributed by atoms with Gasteiger partial charge in [-0.05, 0) is 17.7 Å². The molecule has 3 aromatic rings. The van der Waals surface area contributed by atoms with Gasteiger partial charge in [0.25, 0.3) is 0 Å². The number of aromatic amines is 1. The molecule has 114 valence electrons. The van der Waals surface area contributed by atoms with Crippen molar-refractivity contribution in [3.8, 4) is 0 Å². The quantitative estimate of drug-likeness (QED) is 0.680. The van der Waals surface area contributed by atoms with E-state index in [2.05, 4.69) is 15.3 Å². The molecule has 0 saturated heterocycles. The number of hydrogen-bond acceptors (Lipinski definition) is 3. The fourth-order valence-corrected chi connectivity index (χ4v) is 2.91. The molecule has 1 aliphatic rings. The summed E-state index contributed by atoms with van der Waals surface area (Å²) < 4.78 is 0. The van der Waals surface area contributed by atoms with Gasteiger partial charge in [0, 0.05) is 16.5 Å². The molecule has 2 heterocycles. The van der Waals surface area contributed by atoms with Crippen molar-refractivity contribution < 1.29 is 9.90 Å². The Balaban J connectivity index is 1.95. The first-order chi connectivity index (χ1) is 11.3. The number of aliphatic imine (C=N–C) groups is 1. The molecule has 5 heteroatoms. The number of H-pyrrole nitrogens is 1. The van der Waals surface area contributed by atoms with Crippen molar-refractivity contribution in [2.75, 3.05) is 11.9 Å². The first kappa shape index (κ1) is 13.7. The Morgan fingerprint density at radius 3 is 2.87 bits per heavy atom. The molecule has 0 radical (unpaired) electrons. The zero-order chi connectivity index (χ0) is 15.8. The molecule has 0 spiro atoms. The van der Waals surface area contributed by atoms with Crippen LogP contribution in [0.2, 0.25) is 0 Å². The number of amides is 1. The lowest BCUT2D eigenvalue weighted by Crippen LogP contribution is -2.13. The first-order valence-electron chi connectivity index (χ1n) is 7.42. The molecular weight excluding hydrogens is 290 g/mol. The summed E-state index contributed by atoms with van der Waals surface area (Å²) in [5, 5.41) is 13.3. The van der Waals surface area contributed by atoms with Gasteiger partial charge in [0.15, 0.2) is 0 Å². The zero-order valence-corrected chi connectivity index (χ0v) is 12.3. The van der Waals surface area contributed by atoms with Crippen molar-refractivity contribution in [1.29, 1.82) is 0 Å². The van der Waals surface area contributed by atoms with Gasteiger partial charge in [-0.2, -0.15) is 0 Å². The number of para-hydroxylation sites is 1. The number of benzene rings is 2. The summed E-state index contributed by atoms with van der Waals surface area (Å²) in [6.45, 7) is 0.0490. The number of aliphatic hydroxyl groups is 1. The number of anilines is 1. The van der Waals surface area contributed by atoms with E-state index in [4.69, 9.17) is 0 Å². The van der Waals surface area contributed by atoms with Crippen LogP contribution in [0, 0.1) is 0 Å². The van der Waals surface area contributed by atoms with Gasteiger partial charge in [0.1, 0.15) is 6.54 Å². The van der Waals surface area contributed by atoms with Crippen LogP contribution in [0.25, 0.3) is 10.9 Å². The van der Waals surface area contributed by atoms with E-state index in [0.29, 0.717) is 0 Å². The average molecular weight is 305 g/mol. The van der Waals surface area contributed by atoms with Gasteiger partial charge in [-0.25, -0.2) is 0 Å². The summed E-state index contributed by atoms with van der Waals surface area (Å²) in [4.78, 5) is 19.8. The largest absolute Gasteiger partial charge is 0.392 e. The monoisotopic (exact) mass is 305 g/mol. The number of fused-ring (bicyclic) bond motifs is 3. The molecule has 4 rings (SSSR count). The molecule has 2 aromatic carbocycles. The van der Waals surface area contributed by atoms with Gasteiger partial charge >= 0.3 is 0 Å². The van der Waals surface area contributed by atoms with Crippen LogP contribution in [0.1, 0.15) is 16.8 Å². The molecule has 1 aromatic heterocycles. The predicted molar refractivity (Wildman–Crippen MR) is 89.8 cm³/mol. The maximum atomic E-state index is 12.0. The summed E-state index contributed by atoms with van der Waals surface area (Å²) in [7, 11) is 0. The van der Waals surface area contributed by atoms with Crippen LogP contribution in [0.15, 0.2) is 53.5 Å². The third-order valence-electron chi connectivity index (χ3n) is 3.97. The number of carbonyl (C=O) groups is 1. The lowest BCUT2D eigenvalue weighted by Gasteiger charge is -2.07. The highest BCUT2D eigenvalue weighted by molar-refractivity contribution is 6.22. The minimum Gasteiger partial charge on any atom is -0.392 e. The first-order valence-corrected chi connectivity index (χ1v) is 7.42. The average Bonchev–Trinajstić information content (AvgIpc) is 2.85. The predicted octanol–water partition coefficient (Wildman–Crippen LogP) is 2.45. The Kier molecular flexibility index (Phi) is 3.20. The molecular formula is C18H15N3O2. The molecule has 0 saturated carbocycles. The number of nitrogens with one attached hydrogen (secondary N) is 2. The summed E-state index contributed by atoms with van der Waals surface area (Å²) >= 11 is 0. The lowest BCUT2D eigenvalue weighted by molar-refractivity contribution is -0.114. The molecule has 0 aliphatic carbocycles. The van der Waals surface area contributed by atoms with E-state index in [0.717, 1.165) is 39.1 Å². The van der Waals surface area contributed by atoms with Gasteiger partial charge in [0.05, 0.1) is 23.7 Å². The fourth-order valence-electron chi connectivity index (χ4n) is 2.91. The van der Waals surface area contributed by atoms with E-state index in [-0.39, 0.29) is 19.1 Å². The highest BCUT2D eigenvalue weighted by atomic mass is 16.3. The van der Waals surface area contributed by atoms with E-state index >= 15 is 0 Å². The van der Waals surface area contributed by atoms with Crippen LogP contribution < -0.4 is 5.32 Å². The number of aliphatic hydroxyl groups excluding tert-OH is 1. The van der Waals surface area contributed by atoms with Crippen LogP contribution >= 0.6 is 0 Å². The Bertz CT molecular complexity index is 940. The van der Waals surface area contributed by atoms with Crippen LogP contribution in [-0.4, -0.2) is 28.3 Å². The Labute approximate surface area is 132 Å². The number of hydrogen-bond donors (Lipinski definition) is 3. The molecule has 0 unspecified atom stereocenters. The van der Waals surface area contributed by atoms with Gasteiger partial charge in [-0.15, -0.1) is 0 Å². The second-order valence-electron chi connectivity index (χ2n) is 5.49. The summed E-state index contributed by atoms with van der Waals surface area (Å²) in [5.74, 6) is -0.135. The maximum Gasteiger partial charge on any atom is 0.246 e. The maximum absolute atomic E-state index is 12.0. The summed E-state index contributed by atoms with van der Waals surface area (Å²) in [6, 6.07) is 15.4. The topological polar surface area (TPSA) is 77.5 Å². The van der Waals surface area contributed by atoms with Crippen molar-refractivity contribution in [2.45, 2.75) is 6.61 Å². The van der Waals surface area contributed by atoms with E-state index in [1.54, 1.807) is 0 Å². The normalized spacial score (nSPS) is 14.1. The SMILES string of the molecule is O=C1CN=C(c2cccc(CO)c2)c2[nH]c3ccccc3c2N1. The second kappa shape index (κ2) is 5.37. The number of aromatic nitrogens is 1. The Morgan fingerprint density at radius 1 is 1.13 bits per heavy atom. The zero-order valence-electron chi connectivity index (χ0n) is 12.3. The molecule has 5 nitrogen and oxygen atoms in total. The molecule has 1 aliphatic heterocycles. The fraction of sp³-hybridized carbons (Fsp3) is 0.111. The third-order valence-corrected chi connectivity index (χ3v) is 3.97. The Morgan fingerprint density at radius 2 is 2.00 bits per heavy atom. The second-order valence-corrected chi connectivity index (χ2v) is 5.49. The summed E-state index contributed by atoms with van der Waals surface area (Å²) in [6.07, 6.45) is 0. The van der Waals surface area contributed by atoms with E-state index in [9.17, 15) is 9.90 Å². The molecule has 3 N–H and O–H groups in total. The van der Waals surface area contributed by atoms with E-state index in [1.807, 2.05) is 48.5 Å². The van der Waals surface area contributed by atoms with Gasteiger partial charge in [0.2, 0.25) is 5.91 Å². The van der Waals surface area contributed by atoms with Crippen molar-refractivity contribution in [3.63, 3.8) is 0 Å². The van der Waals surface area contributed by atoms with Crippen LogP contribution in [0.5, 0.6) is 0 Å². The van der Waals surface area contributed by atoms with E-state index < -0.39 is 0 Å². The minimum absolute atomic E-state index is 0.0299. The number of carbonyl (C=O) groups excluding carboxylic acids is 1. The number of rotatable bonds is 2. The molecule has 0 fully saturated rings. The lowest BCUT2D eigenvalue weighted by atomic mass is 10.0. The standard InChI is InChI=1S/C18H15N3O2/c22-10-11-4-3-5-12(8-11)16-18-17(21-15(23)9-19-16)13-6-1-2-7-14(13)20-18/h1-8,20,22H,9-10H2,(H,21,23). The smallest absolute Gasteiger partial charge is 0.246 e.